The molecule has 20 heavy (non-hydrogen) atoms. The maximum Gasteiger partial charge on any atom is 0.228 e. The lowest BCUT2D eigenvalue weighted by Gasteiger charge is -2.23. The molecule has 1 aromatic carbocycles. The van der Waals surface area contributed by atoms with Gasteiger partial charge in [-0.1, -0.05) is 11.6 Å². The summed E-state index contributed by atoms with van der Waals surface area (Å²) in [7, 11) is 0. The van der Waals surface area contributed by atoms with E-state index in [1.807, 2.05) is 0 Å². The van der Waals surface area contributed by atoms with Crippen LogP contribution in [0.25, 0.3) is 0 Å². The van der Waals surface area contributed by atoms with Crippen molar-refractivity contribution in [1.82, 2.24) is 5.32 Å². The number of amides is 1. The van der Waals surface area contributed by atoms with Crippen LogP contribution in [-0.2, 0) is 4.79 Å². The highest BCUT2D eigenvalue weighted by molar-refractivity contribution is 6.34. The number of carbonyl (C=O) groups excluding carboxylic acids is 1. The largest absolute Gasteiger partial charge is 0.486 e. The van der Waals surface area contributed by atoms with Gasteiger partial charge in [0.15, 0.2) is 11.5 Å². The van der Waals surface area contributed by atoms with Crippen molar-refractivity contribution < 1.29 is 14.3 Å². The first-order chi connectivity index (χ1) is 9.74. The van der Waals surface area contributed by atoms with Crippen molar-refractivity contribution in [3.05, 3.63) is 17.2 Å². The zero-order valence-corrected chi connectivity index (χ0v) is 11.8. The Morgan fingerprint density at radius 1 is 1.30 bits per heavy atom. The molecule has 0 saturated carbocycles. The Labute approximate surface area is 122 Å². The van der Waals surface area contributed by atoms with Crippen molar-refractivity contribution in [3.63, 3.8) is 0 Å². The van der Waals surface area contributed by atoms with E-state index >= 15 is 0 Å². The summed E-state index contributed by atoms with van der Waals surface area (Å²) in [4.78, 5) is 12.2. The van der Waals surface area contributed by atoms with Gasteiger partial charge < -0.3 is 20.1 Å². The van der Waals surface area contributed by atoms with Crippen LogP contribution >= 0.6 is 11.6 Å². The van der Waals surface area contributed by atoms with Gasteiger partial charge in [-0.2, -0.15) is 0 Å². The number of ether oxygens (including phenoxy) is 2. The number of carbonyl (C=O) groups is 1. The number of fused-ring (bicyclic) bond motifs is 1. The van der Waals surface area contributed by atoms with E-state index in [9.17, 15) is 4.79 Å². The average molecular weight is 297 g/mol. The van der Waals surface area contributed by atoms with Crippen molar-refractivity contribution in [2.45, 2.75) is 12.8 Å². The zero-order valence-electron chi connectivity index (χ0n) is 11.1. The van der Waals surface area contributed by atoms with Crippen molar-refractivity contribution in [1.29, 1.82) is 0 Å². The fourth-order valence-electron chi connectivity index (χ4n) is 2.47. The molecule has 2 aliphatic heterocycles. The molecule has 1 aromatic rings. The quantitative estimate of drug-likeness (QED) is 0.877. The lowest BCUT2D eigenvalue weighted by atomic mass is 9.99. The molecule has 0 radical (unpaired) electrons. The third kappa shape index (κ3) is 2.83. The summed E-state index contributed by atoms with van der Waals surface area (Å²) in [6, 6.07) is 3.41. The lowest BCUT2D eigenvalue weighted by molar-refractivity contribution is -0.120. The normalized spacial score (nSPS) is 21.4. The molecular weight excluding hydrogens is 280 g/mol. The number of benzene rings is 1. The molecule has 1 amide bonds. The summed E-state index contributed by atoms with van der Waals surface area (Å²) in [6.07, 6.45) is 1.92. The molecule has 108 valence electrons. The molecule has 0 bridgehead atoms. The first-order valence-electron chi connectivity index (χ1n) is 6.85. The third-order valence-electron chi connectivity index (χ3n) is 3.56. The van der Waals surface area contributed by atoms with E-state index < -0.39 is 0 Å². The van der Waals surface area contributed by atoms with Crippen molar-refractivity contribution in [2.75, 3.05) is 31.6 Å². The van der Waals surface area contributed by atoms with Gasteiger partial charge in [-0.15, -0.1) is 0 Å². The molecule has 6 heteroatoms. The summed E-state index contributed by atoms with van der Waals surface area (Å²) in [6.45, 7) is 2.72. The summed E-state index contributed by atoms with van der Waals surface area (Å²) in [5.74, 6) is 1.24. The highest BCUT2D eigenvalue weighted by Gasteiger charge is 2.23. The van der Waals surface area contributed by atoms with Gasteiger partial charge >= 0.3 is 0 Å². The summed E-state index contributed by atoms with van der Waals surface area (Å²) < 4.78 is 10.9. The number of halogens is 1. The first kappa shape index (κ1) is 13.5. The fraction of sp³-hybridized carbons (Fsp3) is 0.500. The maximum absolute atomic E-state index is 12.2. The van der Waals surface area contributed by atoms with E-state index in [-0.39, 0.29) is 11.8 Å². The van der Waals surface area contributed by atoms with Crippen LogP contribution < -0.4 is 20.1 Å². The van der Waals surface area contributed by atoms with Crippen molar-refractivity contribution in [3.8, 4) is 11.5 Å². The van der Waals surface area contributed by atoms with Gasteiger partial charge in [-0.25, -0.2) is 0 Å². The number of anilines is 1. The van der Waals surface area contributed by atoms with Crippen LogP contribution in [-0.4, -0.2) is 32.2 Å². The van der Waals surface area contributed by atoms with Crippen LogP contribution in [0.1, 0.15) is 12.8 Å². The molecule has 1 saturated heterocycles. The summed E-state index contributed by atoms with van der Waals surface area (Å²) in [5, 5.41) is 6.58. The Morgan fingerprint density at radius 3 is 2.75 bits per heavy atom. The van der Waals surface area contributed by atoms with Crippen molar-refractivity contribution >= 4 is 23.2 Å². The maximum atomic E-state index is 12.2. The Bertz CT molecular complexity index is 515. The second-order valence-electron chi connectivity index (χ2n) is 5.01. The van der Waals surface area contributed by atoms with Crippen LogP contribution in [0, 0.1) is 5.92 Å². The minimum atomic E-state index is -0.00647. The van der Waals surface area contributed by atoms with Crippen LogP contribution in [0.3, 0.4) is 0 Å². The Kier molecular flexibility index (Phi) is 3.98. The number of nitrogens with one attached hydrogen (secondary N) is 2. The molecule has 1 fully saturated rings. The van der Waals surface area contributed by atoms with E-state index in [1.165, 1.54) is 0 Å². The SMILES string of the molecule is O=C(Nc1cc2c(cc1Cl)OCCO2)[C@@H]1CCCNC1. The van der Waals surface area contributed by atoms with E-state index in [2.05, 4.69) is 10.6 Å². The number of hydrogen-bond donors (Lipinski definition) is 2. The minimum Gasteiger partial charge on any atom is -0.486 e. The Balaban J connectivity index is 1.74. The number of hydrogen-bond acceptors (Lipinski definition) is 4. The first-order valence-corrected chi connectivity index (χ1v) is 7.22. The Hall–Kier alpha value is -1.46. The highest BCUT2D eigenvalue weighted by Crippen LogP contribution is 2.38. The van der Waals surface area contributed by atoms with Gasteiger partial charge in [0.05, 0.1) is 16.6 Å². The van der Waals surface area contributed by atoms with Gasteiger partial charge in [-0.05, 0) is 19.4 Å². The predicted octanol–water partition coefficient (Wildman–Crippen LogP) is 2.05. The molecule has 2 N–H and O–H groups in total. The third-order valence-corrected chi connectivity index (χ3v) is 3.87. The van der Waals surface area contributed by atoms with Crippen LogP contribution in [0.15, 0.2) is 12.1 Å². The monoisotopic (exact) mass is 296 g/mol. The van der Waals surface area contributed by atoms with Crippen LogP contribution in [0.4, 0.5) is 5.69 Å². The van der Waals surface area contributed by atoms with Gasteiger partial charge in [0.25, 0.3) is 0 Å². The molecule has 0 aliphatic carbocycles. The molecule has 2 aliphatic rings. The highest BCUT2D eigenvalue weighted by atomic mass is 35.5. The molecular formula is C14H17ClN2O3. The van der Waals surface area contributed by atoms with E-state index in [1.54, 1.807) is 12.1 Å². The molecule has 5 nitrogen and oxygen atoms in total. The Morgan fingerprint density at radius 2 is 2.05 bits per heavy atom. The molecule has 1 atom stereocenters. The average Bonchev–Trinajstić information content (AvgIpc) is 2.49. The van der Waals surface area contributed by atoms with E-state index in [0.717, 1.165) is 19.4 Å². The zero-order chi connectivity index (χ0) is 13.9. The van der Waals surface area contributed by atoms with E-state index in [4.69, 9.17) is 21.1 Å². The van der Waals surface area contributed by atoms with Gasteiger partial charge in [0.1, 0.15) is 13.2 Å². The minimum absolute atomic E-state index is 0.00391. The second-order valence-corrected chi connectivity index (χ2v) is 5.42. The van der Waals surface area contributed by atoms with Crippen molar-refractivity contribution in [2.24, 2.45) is 5.92 Å². The number of piperidine rings is 1. The van der Waals surface area contributed by atoms with E-state index in [0.29, 0.717) is 42.0 Å². The van der Waals surface area contributed by atoms with Gasteiger partial charge in [0, 0.05) is 18.7 Å². The van der Waals surface area contributed by atoms with Crippen LogP contribution in [0.5, 0.6) is 11.5 Å². The molecule has 0 unspecified atom stereocenters. The standard InChI is InChI=1S/C14H17ClN2O3/c15-10-6-12-13(20-5-4-19-12)7-11(10)17-14(18)9-2-1-3-16-8-9/h6-7,9,16H,1-5,8H2,(H,17,18)/t9-/m1/s1. The molecule has 3 rings (SSSR count). The predicted molar refractivity (Wildman–Crippen MR) is 76.7 cm³/mol. The summed E-state index contributed by atoms with van der Waals surface area (Å²) in [5.41, 5.74) is 0.575. The fourth-order valence-corrected chi connectivity index (χ4v) is 2.67. The van der Waals surface area contributed by atoms with Gasteiger partial charge in [-0.3, -0.25) is 4.79 Å². The number of rotatable bonds is 2. The van der Waals surface area contributed by atoms with Crippen LogP contribution in [0.2, 0.25) is 5.02 Å². The topological polar surface area (TPSA) is 59.6 Å². The smallest absolute Gasteiger partial charge is 0.228 e. The summed E-state index contributed by atoms with van der Waals surface area (Å²) >= 11 is 6.18. The molecule has 0 spiro atoms. The lowest BCUT2D eigenvalue weighted by Crippen LogP contribution is -2.37. The van der Waals surface area contributed by atoms with Gasteiger partial charge in [0.2, 0.25) is 5.91 Å². The second kappa shape index (κ2) is 5.89. The molecule has 2 heterocycles. The molecule has 0 aromatic heterocycles.